The number of nitro benzene ring substituents is 1. The monoisotopic (exact) mass is 271 g/mol. The fourth-order valence-electron chi connectivity index (χ4n) is 1.36. The lowest BCUT2D eigenvalue weighted by atomic mass is 10.1. The first kappa shape index (κ1) is 9.61. The Bertz CT molecular complexity index is 521. The molecule has 3 nitrogen and oxygen atoms in total. The standard InChI is InChI=1S/C9H6BrNO2S/c1-5-4-7(11(12)13)9-6(8(5)10)2-3-14-9/h2-4H,1H3. The van der Waals surface area contributed by atoms with E-state index in [1.165, 1.54) is 11.3 Å². The Morgan fingerprint density at radius 2 is 2.29 bits per heavy atom. The third kappa shape index (κ3) is 1.33. The summed E-state index contributed by atoms with van der Waals surface area (Å²) in [4.78, 5) is 10.4. The first-order valence-corrected chi connectivity index (χ1v) is 5.59. The van der Waals surface area contributed by atoms with E-state index in [2.05, 4.69) is 15.9 Å². The first-order chi connectivity index (χ1) is 6.61. The molecule has 1 heterocycles. The third-order valence-electron chi connectivity index (χ3n) is 2.03. The van der Waals surface area contributed by atoms with Crippen LogP contribution >= 0.6 is 27.3 Å². The summed E-state index contributed by atoms with van der Waals surface area (Å²) in [6, 6.07) is 3.49. The minimum Gasteiger partial charge on any atom is -0.258 e. The van der Waals surface area contributed by atoms with E-state index in [0.717, 1.165) is 20.1 Å². The molecule has 0 spiro atoms. The lowest BCUT2D eigenvalue weighted by molar-refractivity contribution is -0.382. The molecule has 0 radical (unpaired) electrons. The van der Waals surface area contributed by atoms with Crippen molar-refractivity contribution in [3.63, 3.8) is 0 Å². The molecule has 0 N–H and O–H groups in total. The van der Waals surface area contributed by atoms with Crippen LogP contribution < -0.4 is 0 Å². The lowest BCUT2D eigenvalue weighted by Crippen LogP contribution is -1.89. The predicted molar refractivity (Wildman–Crippen MR) is 60.9 cm³/mol. The number of hydrogen-bond donors (Lipinski definition) is 0. The van der Waals surface area contributed by atoms with E-state index >= 15 is 0 Å². The number of fused-ring (bicyclic) bond motifs is 1. The van der Waals surface area contributed by atoms with E-state index in [1.807, 2.05) is 18.4 Å². The normalized spacial score (nSPS) is 10.7. The smallest absolute Gasteiger partial charge is 0.258 e. The molecule has 1 aromatic carbocycles. The Balaban J connectivity index is 2.91. The van der Waals surface area contributed by atoms with Crippen LogP contribution in [0, 0.1) is 17.0 Å². The molecule has 0 aliphatic carbocycles. The highest BCUT2D eigenvalue weighted by Crippen LogP contribution is 2.37. The second-order valence-corrected chi connectivity index (χ2v) is 4.66. The number of benzene rings is 1. The van der Waals surface area contributed by atoms with Crippen LogP contribution in [0.2, 0.25) is 0 Å². The van der Waals surface area contributed by atoms with E-state index < -0.39 is 0 Å². The van der Waals surface area contributed by atoms with Crippen LogP contribution in [-0.4, -0.2) is 4.92 Å². The van der Waals surface area contributed by atoms with Crippen molar-refractivity contribution >= 4 is 43.0 Å². The van der Waals surface area contributed by atoms with Gasteiger partial charge in [-0.15, -0.1) is 11.3 Å². The van der Waals surface area contributed by atoms with Crippen LogP contribution in [0.25, 0.3) is 10.1 Å². The van der Waals surface area contributed by atoms with Crippen molar-refractivity contribution in [2.75, 3.05) is 0 Å². The molecule has 1 aromatic heterocycles. The van der Waals surface area contributed by atoms with Crippen molar-refractivity contribution in [1.82, 2.24) is 0 Å². The van der Waals surface area contributed by atoms with Crippen LogP contribution in [0.1, 0.15) is 5.56 Å². The summed E-state index contributed by atoms with van der Waals surface area (Å²) < 4.78 is 1.67. The van der Waals surface area contributed by atoms with E-state index in [0.29, 0.717) is 0 Å². The average Bonchev–Trinajstić information content (AvgIpc) is 2.59. The summed E-state index contributed by atoms with van der Waals surface area (Å²) in [5.41, 5.74) is 1.08. The molecule has 5 heteroatoms. The highest BCUT2D eigenvalue weighted by molar-refractivity contribution is 9.10. The van der Waals surface area contributed by atoms with Gasteiger partial charge in [0.25, 0.3) is 5.69 Å². The summed E-state index contributed by atoms with van der Waals surface area (Å²) in [6.45, 7) is 1.86. The Morgan fingerprint density at radius 1 is 1.57 bits per heavy atom. The molecule has 0 amide bonds. The summed E-state index contributed by atoms with van der Waals surface area (Å²) in [6.07, 6.45) is 0. The fourth-order valence-corrected chi connectivity index (χ4v) is 2.83. The highest BCUT2D eigenvalue weighted by atomic mass is 79.9. The molecule has 0 fully saturated rings. The topological polar surface area (TPSA) is 43.1 Å². The van der Waals surface area contributed by atoms with Crippen LogP contribution in [0.4, 0.5) is 5.69 Å². The number of halogens is 1. The molecule has 0 unspecified atom stereocenters. The molecule has 2 rings (SSSR count). The maximum Gasteiger partial charge on any atom is 0.287 e. The summed E-state index contributed by atoms with van der Waals surface area (Å²) in [5.74, 6) is 0. The summed E-state index contributed by atoms with van der Waals surface area (Å²) in [7, 11) is 0. The zero-order valence-electron chi connectivity index (χ0n) is 7.28. The SMILES string of the molecule is Cc1cc([N+](=O)[O-])c2sccc2c1Br. The lowest BCUT2D eigenvalue weighted by Gasteiger charge is -2.00. The van der Waals surface area contributed by atoms with Gasteiger partial charge in [-0.25, -0.2) is 0 Å². The van der Waals surface area contributed by atoms with Crippen LogP contribution in [0.15, 0.2) is 22.0 Å². The van der Waals surface area contributed by atoms with Gasteiger partial charge in [-0.3, -0.25) is 10.1 Å². The minimum atomic E-state index is -0.335. The number of nitrogens with zero attached hydrogens (tertiary/aromatic N) is 1. The predicted octanol–water partition coefficient (Wildman–Crippen LogP) is 3.88. The van der Waals surface area contributed by atoms with E-state index in [9.17, 15) is 10.1 Å². The molecule has 0 aliphatic heterocycles. The molecule has 14 heavy (non-hydrogen) atoms. The maximum absolute atomic E-state index is 10.8. The Kier molecular flexibility index (Phi) is 2.28. The molecule has 0 saturated carbocycles. The van der Waals surface area contributed by atoms with E-state index in [4.69, 9.17) is 0 Å². The summed E-state index contributed by atoms with van der Waals surface area (Å²) in [5, 5.41) is 13.6. The van der Waals surface area contributed by atoms with Crippen molar-refractivity contribution in [3.05, 3.63) is 37.7 Å². The summed E-state index contributed by atoms with van der Waals surface area (Å²) >= 11 is 4.82. The van der Waals surface area contributed by atoms with Crippen molar-refractivity contribution in [2.24, 2.45) is 0 Å². The van der Waals surface area contributed by atoms with Gasteiger partial charge in [-0.2, -0.15) is 0 Å². The van der Waals surface area contributed by atoms with Gasteiger partial charge in [0.1, 0.15) is 4.70 Å². The van der Waals surface area contributed by atoms with Crippen molar-refractivity contribution in [1.29, 1.82) is 0 Å². The third-order valence-corrected chi connectivity index (χ3v) is 4.02. The van der Waals surface area contributed by atoms with Gasteiger partial charge < -0.3 is 0 Å². The first-order valence-electron chi connectivity index (χ1n) is 3.92. The molecule has 2 aromatic rings. The zero-order valence-corrected chi connectivity index (χ0v) is 9.68. The van der Waals surface area contributed by atoms with Crippen molar-refractivity contribution in [2.45, 2.75) is 6.92 Å². The second-order valence-electron chi connectivity index (χ2n) is 2.95. The Labute approximate surface area is 92.6 Å². The molecule has 0 atom stereocenters. The number of aryl methyl sites for hydroxylation is 1. The number of nitro groups is 1. The quantitative estimate of drug-likeness (QED) is 0.584. The van der Waals surface area contributed by atoms with Gasteiger partial charge in [-0.1, -0.05) is 0 Å². The van der Waals surface area contributed by atoms with Gasteiger partial charge >= 0.3 is 0 Å². The van der Waals surface area contributed by atoms with Crippen molar-refractivity contribution in [3.8, 4) is 0 Å². The van der Waals surface area contributed by atoms with Crippen LogP contribution in [0.5, 0.6) is 0 Å². The Morgan fingerprint density at radius 3 is 2.93 bits per heavy atom. The van der Waals surface area contributed by atoms with E-state index in [-0.39, 0.29) is 10.6 Å². The number of hydrogen-bond acceptors (Lipinski definition) is 3. The van der Waals surface area contributed by atoms with Gasteiger partial charge in [0.15, 0.2) is 0 Å². The molecule has 0 aliphatic rings. The van der Waals surface area contributed by atoms with Crippen LogP contribution in [0.3, 0.4) is 0 Å². The van der Waals surface area contributed by atoms with Gasteiger partial charge in [0.2, 0.25) is 0 Å². The van der Waals surface area contributed by atoms with Gasteiger partial charge in [-0.05, 0) is 39.9 Å². The fraction of sp³-hybridized carbons (Fsp3) is 0.111. The largest absolute Gasteiger partial charge is 0.287 e. The van der Waals surface area contributed by atoms with Gasteiger partial charge in [0, 0.05) is 15.9 Å². The number of thiophene rings is 1. The second kappa shape index (κ2) is 3.33. The minimum absolute atomic E-state index is 0.190. The highest BCUT2D eigenvalue weighted by Gasteiger charge is 2.16. The molecule has 0 saturated heterocycles. The molecular weight excluding hydrogens is 266 g/mol. The molecular formula is C9H6BrNO2S. The van der Waals surface area contributed by atoms with Crippen molar-refractivity contribution < 1.29 is 4.92 Å². The zero-order chi connectivity index (χ0) is 10.3. The Hall–Kier alpha value is -0.940. The van der Waals surface area contributed by atoms with E-state index in [1.54, 1.807) is 6.07 Å². The number of rotatable bonds is 1. The molecule has 0 bridgehead atoms. The molecule has 72 valence electrons. The maximum atomic E-state index is 10.8. The van der Waals surface area contributed by atoms with Gasteiger partial charge in [0.05, 0.1) is 4.92 Å². The van der Waals surface area contributed by atoms with Crippen LogP contribution in [-0.2, 0) is 0 Å². The average molecular weight is 272 g/mol. The number of non-ortho nitro benzene ring substituents is 1.